The van der Waals surface area contributed by atoms with Crippen LogP contribution in [0.2, 0.25) is 0 Å². The summed E-state index contributed by atoms with van der Waals surface area (Å²) in [6.45, 7) is 16.3. The number of rotatable bonds is 7. The molecule has 4 heterocycles. The zero-order valence-corrected chi connectivity index (χ0v) is 24.6. The first-order valence-corrected chi connectivity index (χ1v) is 14.4. The second kappa shape index (κ2) is 13.0. The lowest BCUT2D eigenvalue weighted by Gasteiger charge is -2.33. The van der Waals surface area contributed by atoms with E-state index in [0.29, 0.717) is 0 Å². The smallest absolute Gasteiger partial charge is 0.253 e. The van der Waals surface area contributed by atoms with Crippen molar-refractivity contribution in [1.29, 1.82) is 0 Å². The van der Waals surface area contributed by atoms with Crippen LogP contribution in [0, 0.1) is 6.92 Å². The molecule has 4 rings (SSSR count). The maximum atomic E-state index is 12.4. The molecule has 0 aromatic carbocycles. The van der Waals surface area contributed by atoms with Crippen molar-refractivity contribution in [2.75, 3.05) is 6.54 Å². The van der Waals surface area contributed by atoms with E-state index < -0.39 is 0 Å². The molecule has 0 spiro atoms. The lowest BCUT2D eigenvalue weighted by molar-refractivity contribution is 0.324. The van der Waals surface area contributed by atoms with Gasteiger partial charge in [-0.2, -0.15) is 0 Å². The minimum Gasteiger partial charge on any atom is -0.367 e. The summed E-state index contributed by atoms with van der Waals surface area (Å²) in [5.74, 6) is 0.733. The Labute approximate surface area is 226 Å². The molecule has 6 heteroatoms. The van der Waals surface area contributed by atoms with Crippen LogP contribution in [0.4, 0.5) is 0 Å². The van der Waals surface area contributed by atoms with Crippen LogP contribution in [-0.2, 0) is 26.4 Å². The molecule has 37 heavy (non-hydrogen) atoms. The summed E-state index contributed by atoms with van der Waals surface area (Å²) in [7, 11) is 1.80. The van der Waals surface area contributed by atoms with E-state index in [1.54, 1.807) is 17.7 Å². The molecule has 0 bridgehead atoms. The third kappa shape index (κ3) is 6.30. The van der Waals surface area contributed by atoms with Gasteiger partial charge in [-0.1, -0.05) is 40.2 Å². The Kier molecular flexibility index (Phi) is 10.0. The molecule has 0 saturated carbocycles. The van der Waals surface area contributed by atoms with Gasteiger partial charge in [-0.3, -0.25) is 14.3 Å². The van der Waals surface area contributed by atoms with Crippen LogP contribution in [0.3, 0.4) is 0 Å². The molecule has 0 N–H and O–H groups in total. The lowest BCUT2D eigenvalue weighted by Crippen LogP contribution is -2.31. The number of nitrogens with zero attached hydrogens (tertiary/aromatic N) is 4. The minimum atomic E-state index is -0.0257. The summed E-state index contributed by atoms with van der Waals surface area (Å²) in [4.78, 5) is 25.8. The van der Waals surface area contributed by atoms with E-state index in [-0.39, 0.29) is 5.56 Å². The van der Waals surface area contributed by atoms with Gasteiger partial charge in [-0.25, -0.2) is 4.98 Å². The number of aryl methyl sites for hydroxylation is 2. The number of thiophene rings is 1. The Morgan fingerprint density at radius 1 is 1.19 bits per heavy atom. The molecule has 3 aromatic heterocycles. The van der Waals surface area contributed by atoms with Crippen LogP contribution in [0.25, 0.3) is 16.0 Å². The minimum absolute atomic E-state index is 0.0257. The van der Waals surface area contributed by atoms with Crippen LogP contribution in [0.1, 0.15) is 82.7 Å². The van der Waals surface area contributed by atoms with Crippen molar-refractivity contribution in [2.45, 2.75) is 80.7 Å². The fourth-order valence-electron chi connectivity index (χ4n) is 4.87. The van der Waals surface area contributed by atoms with E-state index in [9.17, 15) is 4.79 Å². The highest BCUT2D eigenvalue weighted by Gasteiger charge is 2.23. The number of fused-ring (bicyclic) bond motifs is 1. The molecule has 1 aliphatic heterocycles. The topological polar surface area (TPSA) is 51.0 Å². The standard InChI is InChI=1S/C29H36N4OS.C2H6/c1-7-9-22-12-14-35-28(22)23-16-24-18-33(13-11-25(24)30-17-23)26(10-8-2)20(4)21(5)29-31-19(3)15-27(34)32(29)6;1-2/h10,12,14-17H,7-9,11,13,18H2,1-6H3;1-2H3/b21-20-,26-10-;. The van der Waals surface area contributed by atoms with Crippen molar-refractivity contribution in [3.8, 4) is 10.4 Å². The van der Waals surface area contributed by atoms with Crippen LogP contribution in [-0.4, -0.2) is 26.0 Å². The van der Waals surface area contributed by atoms with Crippen molar-refractivity contribution < 1.29 is 0 Å². The van der Waals surface area contributed by atoms with Gasteiger partial charge in [0.05, 0.1) is 0 Å². The molecule has 0 aliphatic carbocycles. The molecule has 0 unspecified atom stereocenters. The zero-order valence-electron chi connectivity index (χ0n) is 23.8. The SMILES string of the molecule is CC.CC/C=C(/C(C)=C(/C)c1nc(C)cc(=O)n1C)N1CCc2ncc(-c3sccc3CCC)cc2C1. The Hall–Kier alpha value is -2.99. The molecular weight excluding hydrogens is 476 g/mol. The first-order chi connectivity index (χ1) is 17.8. The summed E-state index contributed by atoms with van der Waals surface area (Å²) in [6.07, 6.45) is 8.47. The first kappa shape index (κ1) is 28.6. The molecule has 1 aliphatic rings. The average Bonchev–Trinajstić information content (AvgIpc) is 3.37. The van der Waals surface area contributed by atoms with Gasteiger partial charge >= 0.3 is 0 Å². The second-order valence-corrected chi connectivity index (χ2v) is 10.3. The third-order valence-corrected chi connectivity index (χ3v) is 7.86. The largest absolute Gasteiger partial charge is 0.367 e. The highest BCUT2D eigenvalue weighted by Crippen LogP contribution is 2.34. The number of pyridine rings is 1. The molecule has 0 radical (unpaired) electrons. The molecule has 3 aromatic rings. The summed E-state index contributed by atoms with van der Waals surface area (Å²) >= 11 is 1.81. The van der Waals surface area contributed by atoms with E-state index in [4.69, 9.17) is 9.97 Å². The fourth-order valence-corrected chi connectivity index (χ4v) is 5.81. The Morgan fingerprint density at radius 3 is 2.65 bits per heavy atom. The highest BCUT2D eigenvalue weighted by molar-refractivity contribution is 7.13. The molecule has 198 valence electrons. The van der Waals surface area contributed by atoms with Crippen LogP contribution in [0.15, 0.2) is 51.9 Å². The van der Waals surface area contributed by atoms with Crippen molar-refractivity contribution in [3.63, 3.8) is 0 Å². The van der Waals surface area contributed by atoms with Gasteiger partial charge < -0.3 is 4.90 Å². The maximum absolute atomic E-state index is 12.4. The number of hydrogen-bond donors (Lipinski definition) is 0. The summed E-state index contributed by atoms with van der Waals surface area (Å²) in [5, 5.41) is 2.19. The van der Waals surface area contributed by atoms with E-state index in [0.717, 1.165) is 61.4 Å². The summed E-state index contributed by atoms with van der Waals surface area (Å²) < 4.78 is 1.64. The number of hydrogen-bond acceptors (Lipinski definition) is 5. The van der Waals surface area contributed by atoms with E-state index in [1.807, 2.05) is 32.1 Å². The van der Waals surface area contributed by atoms with Crippen molar-refractivity contribution in [2.24, 2.45) is 7.05 Å². The first-order valence-electron chi connectivity index (χ1n) is 13.6. The van der Waals surface area contributed by atoms with Gasteiger partial charge in [0.1, 0.15) is 5.82 Å². The van der Waals surface area contributed by atoms with Crippen LogP contribution >= 0.6 is 11.3 Å². The van der Waals surface area contributed by atoms with Crippen LogP contribution in [0.5, 0.6) is 0 Å². The number of aromatic nitrogens is 3. The summed E-state index contributed by atoms with van der Waals surface area (Å²) in [5.41, 5.74) is 9.30. The van der Waals surface area contributed by atoms with Gasteiger partial charge in [0, 0.05) is 66.3 Å². The maximum Gasteiger partial charge on any atom is 0.253 e. The molecule has 0 fully saturated rings. The molecular formula is C31H42N4OS. The quantitative estimate of drug-likeness (QED) is 0.307. The summed E-state index contributed by atoms with van der Waals surface area (Å²) in [6, 6.07) is 6.18. The zero-order chi connectivity index (χ0) is 27.1. The van der Waals surface area contributed by atoms with E-state index >= 15 is 0 Å². The molecule has 0 amide bonds. The normalized spacial score (nSPS) is 14.1. The molecule has 5 nitrogen and oxygen atoms in total. The van der Waals surface area contributed by atoms with Crippen molar-refractivity contribution in [1.82, 2.24) is 19.4 Å². The predicted octanol–water partition coefficient (Wildman–Crippen LogP) is 7.34. The third-order valence-electron chi connectivity index (χ3n) is 6.85. The Balaban J connectivity index is 0.00000186. The molecule has 0 atom stereocenters. The van der Waals surface area contributed by atoms with Gasteiger partial charge in [0.15, 0.2) is 0 Å². The Bertz CT molecular complexity index is 1350. The van der Waals surface area contributed by atoms with Gasteiger partial charge in [0.2, 0.25) is 0 Å². The predicted molar refractivity (Wildman–Crippen MR) is 158 cm³/mol. The van der Waals surface area contributed by atoms with Gasteiger partial charge in [-0.05, 0) is 73.4 Å². The second-order valence-electron chi connectivity index (χ2n) is 9.39. The average molecular weight is 519 g/mol. The number of allylic oxidation sites excluding steroid dienone is 3. The van der Waals surface area contributed by atoms with Crippen LogP contribution < -0.4 is 5.56 Å². The van der Waals surface area contributed by atoms with Crippen molar-refractivity contribution in [3.05, 3.63) is 85.8 Å². The fraction of sp³-hybridized carbons (Fsp3) is 0.452. The lowest BCUT2D eigenvalue weighted by atomic mass is 9.98. The van der Waals surface area contributed by atoms with Crippen molar-refractivity contribution >= 4 is 16.9 Å². The van der Waals surface area contributed by atoms with E-state index in [1.165, 1.54) is 33.0 Å². The van der Waals surface area contributed by atoms with Gasteiger partial charge in [0.25, 0.3) is 5.56 Å². The van der Waals surface area contributed by atoms with Gasteiger partial charge in [-0.15, -0.1) is 11.3 Å². The highest BCUT2D eigenvalue weighted by atomic mass is 32.1. The Morgan fingerprint density at radius 2 is 1.95 bits per heavy atom. The van der Waals surface area contributed by atoms with E-state index in [2.05, 4.69) is 62.4 Å². The monoisotopic (exact) mass is 518 g/mol. The molecule has 0 saturated heterocycles.